The van der Waals surface area contributed by atoms with Gasteiger partial charge >= 0.3 is 0 Å². The maximum Gasteiger partial charge on any atom is 0.126 e. The maximum absolute atomic E-state index is 13.8. The highest BCUT2D eigenvalue weighted by atomic mass is 19.1. The van der Waals surface area contributed by atoms with E-state index < -0.39 is 0 Å². The fraction of sp³-hybridized carbons (Fsp3) is 0.368. The summed E-state index contributed by atoms with van der Waals surface area (Å²) in [6, 6.07) is 15.1. The summed E-state index contributed by atoms with van der Waals surface area (Å²) < 4.78 is 13.8. The number of hydrogen-bond acceptors (Lipinski definition) is 1. The average molecular weight is 281 g/mol. The highest BCUT2D eigenvalue weighted by molar-refractivity contribution is 5.36. The summed E-state index contributed by atoms with van der Waals surface area (Å²) in [7, 11) is 0. The summed E-state index contributed by atoms with van der Waals surface area (Å²) in [6.45, 7) is 0. The minimum atomic E-state index is -0.0363. The van der Waals surface area contributed by atoms with Gasteiger partial charge in [0.1, 0.15) is 5.82 Å². The molecule has 0 heterocycles. The number of nitrogens with one attached hydrogen (secondary N) is 1. The van der Waals surface area contributed by atoms with Gasteiger partial charge in [0.15, 0.2) is 0 Å². The summed E-state index contributed by atoms with van der Waals surface area (Å²) in [4.78, 5) is 0. The van der Waals surface area contributed by atoms with Gasteiger partial charge in [-0.2, -0.15) is 0 Å². The Morgan fingerprint density at radius 3 is 2.67 bits per heavy atom. The highest BCUT2D eigenvalue weighted by Crippen LogP contribution is 2.34. The normalized spacial score (nSPS) is 23.7. The van der Waals surface area contributed by atoms with E-state index in [0.717, 1.165) is 31.2 Å². The van der Waals surface area contributed by atoms with Gasteiger partial charge in [-0.1, -0.05) is 36.4 Å². The molecule has 108 valence electrons. The van der Waals surface area contributed by atoms with Gasteiger partial charge in [-0.05, 0) is 60.4 Å². The Kier molecular flexibility index (Phi) is 3.27. The number of hydrogen-bond donors (Lipinski definition) is 1. The van der Waals surface area contributed by atoms with Crippen molar-refractivity contribution in [2.75, 3.05) is 0 Å². The van der Waals surface area contributed by atoms with E-state index in [1.54, 1.807) is 6.07 Å². The lowest BCUT2D eigenvalue weighted by Gasteiger charge is -2.28. The van der Waals surface area contributed by atoms with Crippen LogP contribution >= 0.6 is 0 Å². The number of halogens is 1. The molecule has 21 heavy (non-hydrogen) atoms. The van der Waals surface area contributed by atoms with Crippen molar-refractivity contribution in [3.05, 3.63) is 70.5 Å². The molecule has 1 nitrogen and oxygen atoms in total. The molecule has 2 atom stereocenters. The first kappa shape index (κ1) is 13.0. The quantitative estimate of drug-likeness (QED) is 0.878. The van der Waals surface area contributed by atoms with E-state index in [1.165, 1.54) is 23.1 Å². The lowest BCUT2D eigenvalue weighted by molar-refractivity contribution is 0.397. The first-order valence-electron chi connectivity index (χ1n) is 7.91. The molecule has 2 aliphatic rings. The first-order chi connectivity index (χ1) is 10.3. The standard InChI is InChI=1S/C19H20FN/c20-18-7-3-6-17-16(18)10-11-19(17)21-15-9-8-13-4-1-2-5-14(13)12-15/h1-7,15,19,21H,8-12H2. The minimum Gasteiger partial charge on any atom is -0.307 e. The van der Waals surface area contributed by atoms with Crippen molar-refractivity contribution in [2.45, 2.75) is 44.2 Å². The zero-order valence-corrected chi connectivity index (χ0v) is 12.1. The Balaban J connectivity index is 1.51. The molecule has 2 aromatic rings. The fourth-order valence-corrected chi connectivity index (χ4v) is 3.91. The smallest absolute Gasteiger partial charge is 0.126 e. The van der Waals surface area contributed by atoms with E-state index in [9.17, 15) is 4.39 Å². The fourth-order valence-electron chi connectivity index (χ4n) is 3.91. The number of fused-ring (bicyclic) bond motifs is 2. The molecule has 2 aliphatic carbocycles. The SMILES string of the molecule is Fc1cccc2c1CCC2NC1CCc2ccccc2C1. The molecule has 0 fully saturated rings. The van der Waals surface area contributed by atoms with Crippen LogP contribution in [-0.2, 0) is 19.3 Å². The van der Waals surface area contributed by atoms with Crippen LogP contribution in [-0.4, -0.2) is 6.04 Å². The lowest BCUT2D eigenvalue weighted by atomic mass is 9.88. The van der Waals surface area contributed by atoms with Crippen LogP contribution in [0.3, 0.4) is 0 Å². The second kappa shape index (κ2) is 5.27. The van der Waals surface area contributed by atoms with E-state index in [4.69, 9.17) is 0 Å². The van der Waals surface area contributed by atoms with Crippen LogP contribution in [0.2, 0.25) is 0 Å². The molecule has 2 heteroatoms. The van der Waals surface area contributed by atoms with Crippen molar-refractivity contribution in [1.29, 1.82) is 0 Å². The molecule has 0 saturated heterocycles. The van der Waals surface area contributed by atoms with Crippen LogP contribution in [0.25, 0.3) is 0 Å². The molecular weight excluding hydrogens is 261 g/mol. The minimum absolute atomic E-state index is 0.0363. The summed E-state index contributed by atoms with van der Waals surface area (Å²) in [5.41, 5.74) is 5.06. The monoisotopic (exact) mass is 281 g/mol. The highest BCUT2D eigenvalue weighted by Gasteiger charge is 2.28. The molecule has 0 bridgehead atoms. The third kappa shape index (κ3) is 2.38. The van der Waals surface area contributed by atoms with Crippen LogP contribution < -0.4 is 5.32 Å². The Morgan fingerprint density at radius 1 is 0.905 bits per heavy atom. The topological polar surface area (TPSA) is 12.0 Å². The second-order valence-electron chi connectivity index (χ2n) is 6.27. The lowest BCUT2D eigenvalue weighted by Crippen LogP contribution is -2.36. The van der Waals surface area contributed by atoms with Crippen molar-refractivity contribution in [3.8, 4) is 0 Å². The third-order valence-electron chi connectivity index (χ3n) is 5.00. The Labute approximate surface area is 125 Å². The molecular formula is C19H20FN. The summed E-state index contributed by atoms with van der Waals surface area (Å²) >= 11 is 0. The van der Waals surface area contributed by atoms with Crippen LogP contribution in [0, 0.1) is 5.82 Å². The molecule has 0 spiro atoms. The van der Waals surface area contributed by atoms with E-state index in [1.807, 2.05) is 6.07 Å². The largest absolute Gasteiger partial charge is 0.307 e. The molecule has 0 saturated carbocycles. The Morgan fingerprint density at radius 2 is 1.76 bits per heavy atom. The number of aryl methyl sites for hydroxylation is 1. The van der Waals surface area contributed by atoms with Crippen LogP contribution in [0.5, 0.6) is 0 Å². The van der Waals surface area contributed by atoms with E-state index in [-0.39, 0.29) is 5.82 Å². The van der Waals surface area contributed by atoms with Crippen molar-refractivity contribution < 1.29 is 4.39 Å². The Hall–Kier alpha value is -1.67. The molecule has 0 aromatic heterocycles. The van der Waals surface area contributed by atoms with Crippen LogP contribution in [0.4, 0.5) is 4.39 Å². The predicted octanol–water partition coefficient (Wildman–Crippen LogP) is 3.96. The van der Waals surface area contributed by atoms with Crippen LogP contribution in [0.15, 0.2) is 42.5 Å². The number of benzene rings is 2. The van der Waals surface area contributed by atoms with Gasteiger partial charge in [0.2, 0.25) is 0 Å². The molecule has 2 aromatic carbocycles. The molecule has 2 unspecified atom stereocenters. The van der Waals surface area contributed by atoms with Gasteiger partial charge in [-0.15, -0.1) is 0 Å². The molecule has 0 aliphatic heterocycles. The third-order valence-corrected chi connectivity index (χ3v) is 5.00. The summed E-state index contributed by atoms with van der Waals surface area (Å²) in [6.07, 6.45) is 5.31. The zero-order chi connectivity index (χ0) is 14.2. The van der Waals surface area contributed by atoms with E-state index >= 15 is 0 Å². The summed E-state index contributed by atoms with van der Waals surface area (Å²) in [5.74, 6) is -0.0363. The molecule has 4 rings (SSSR count). The Bertz CT molecular complexity index is 664. The number of rotatable bonds is 2. The van der Waals surface area contributed by atoms with Gasteiger partial charge < -0.3 is 5.32 Å². The second-order valence-corrected chi connectivity index (χ2v) is 6.27. The van der Waals surface area contributed by atoms with Crippen molar-refractivity contribution in [3.63, 3.8) is 0 Å². The predicted molar refractivity (Wildman–Crippen MR) is 82.9 cm³/mol. The maximum atomic E-state index is 13.8. The average Bonchev–Trinajstić information content (AvgIpc) is 2.92. The molecule has 0 amide bonds. The van der Waals surface area contributed by atoms with Crippen molar-refractivity contribution in [2.24, 2.45) is 0 Å². The molecule has 1 N–H and O–H groups in total. The van der Waals surface area contributed by atoms with E-state index in [0.29, 0.717) is 12.1 Å². The van der Waals surface area contributed by atoms with E-state index in [2.05, 4.69) is 35.6 Å². The molecule has 0 radical (unpaired) electrons. The van der Waals surface area contributed by atoms with Crippen LogP contribution in [0.1, 0.15) is 41.1 Å². The van der Waals surface area contributed by atoms with Gasteiger partial charge in [0, 0.05) is 12.1 Å². The first-order valence-corrected chi connectivity index (χ1v) is 7.91. The summed E-state index contributed by atoms with van der Waals surface area (Å²) in [5, 5.41) is 3.78. The zero-order valence-electron chi connectivity index (χ0n) is 12.1. The van der Waals surface area contributed by atoms with Gasteiger partial charge in [-0.25, -0.2) is 4.39 Å². The van der Waals surface area contributed by atoms with Gasteiger partial charge in [0.05, 0.1) is 0 Å². The van der Waals surface area contributed by atoms with Crippen molar-refractivity contribution >= 4 is 0 Å². The van der Waals surface area contributed by atoms with Gasteiger partial charge in [0.25, 0.3) is 0 Å². The van der Waals surface area contributed by atoms with Gasteiger partial charge in [-0.3, -0.25) is 0 Å². The van der Waals surface area contributed by atoms with Crippen molar-refractivity contribution in [1.82, 2.24) is 5.32 Å².